The minimum absolute atomic E-state index is 0.124. The van der Waals surface area contributed by atoms with Gasteiger partial charge in [0.1, 0.15) is 0 Å². The summed E-state index contributed by atoms with van der Waals surface area (Å²) in [6, 6.07) is 5.22. The zero-order valence-corrected chi connectivity index (χ0v) is 12.4. The maximum absolute atomic E-state index is 12.3. The van der Waals surface area contributed by atoms with Crippen molar-refractivity contribution in [2.75, 3.05) is 6.61 Å². The van der Waals surface area contributed by atoms with Crippen LogP contribution < -0.4 is 5.56 Å². The fourth-order valence-corrected chi connectivity index (χ4v) is 1.96. The highest BCUT2D eigenvalue weighted by Gasteiger charge is 2.20. The number of hydrogen-bond donors (Lipinski definition) is 1. The van der Waals surface area contributed by atoms with Crippen LogP contribution in [0.4, 0.5) is 0 Å². The molecule has 0 saturated heterocycles. The maximum Gasteiger partial charge on any atom is 0.357 e. The van der Waals surface area contributed by atoms with E-state index in [2.05, 4.69) is 5.10 Å². The monoisotopic (exact) mass is 328 g/mol. The predicted octanol–water partition coefficient (Wildman–Crippen LogP) is 2.35. The first-order valence-corrected chi connectivity index (χ1v) is 6.68. The van der Waals surface area contributed by atoms with Gasteiger partial charge in [-0.1, -0.05) is 23.2 Å². The zero-order valence-electron chi connectivity index (χ0n) is 10.9. The largest absolute Gasteiger partial charge is 0.461 e. The highest BCUT2D eigenvalue weighted by Crippen LogP contribution is 2.23. The molecule has 0 bridgehead atoms. The first kappa shape index (κ1) is 15.3. The Hall–Kier alpha value is -2.05. The molecule has 1 aromatic carbocycles. The molecular formula is C13H10Cl2N2O4. The fraction of sp³-hybridized carbons (Fsp3) is 0.154. The van der Waals surface area contributed by atoms with E-state index in [4.69, 9.17) is 27.9 Å². The summed E-state index contributed by atoms with van der Waals surface area (Å²) in [6.07, 6.45) is 0. The van der Waals surface area contributed by atoms with Gasteiger partial charge in [0.2, 0.25) is 0 Å². The quantitative estimate of drug-likeness (QED) is 0.877. The Bertz CT molecular complexity index is 764. The highest BCUT2D eigenvalue weighted by atomic mass is 35.5. The number of aromatic amines is 1. The van der Waals surface area contributed by atoms with Crippen LogP contribution in [-0.4, -0.2) is 28.3 Å². The first-order valence-electron chi connectivity index (χ1n) is 5.93. The minimum atomic E-state index is -0.774. The van der Waals surface area contributed by atoms with Crippen LogP contribution in [0.1, 0.15) is 27.8 Å². The van der Waals surface area contributed by atoms with Crippen LogP contribution in [0.15, 0.2) is 29.1 Å². The predicted molar refractivity (Wildman–Crippen MR) is 77.2 cm³/mol. The summed E-state index contributed by atoms with van der Waals surface area (Å²) < 4.78 is 5.61. The summed E-state index contributed by atoms with van der Waals surface area (Å²) in [5, 5.41) is 2.73. The molecule has 0 saturated carbocycles. The number of esters is 1. The van der Waals surface area contributed by atoms with E-state index in [1.807, 2.05) is 0 Å². The summed E-state index contributed by atoms with van der Waals surface area (Å²) in [4.78, 5) is 35.5. The number of aromatic nitrogens is 2. The summed E-state index contributed by atoms with van der Waals surface area (Å²) in [5.74, 6) is -1.40. The molecule has 2 rings (SSSR count). The van der Waals surface area contributed by atoms with Gasteiger partial charge in [0.05, 0.1) is 16.7 Å². The van der Waals surface area contributed by atoms with Crippen LogP contribution >= 0.6 is 23.2 Å². The van der Waals surface area contributed by atoms with Crippen LogP contribution in [-0.2, 0) is 4.74 Å². The molecule has 8 heteroatoms. The van der Waals surface area contributed by atoms with Gasteiger partial charge < -0.3 is 4.74 Å². The van der Waals surface area contributed by atoms with Crippen molar-refractivity contribution in [3.05, 3.63) is 55.9 Å². The molecule has 0 fully saturated rings. The van der Waals surface area contributed by atoms with Crippen molar-refractivity contribution in [1.82, 2.24) is 9.78 Å². The third-order valence-corrected chi connectivity index (χ3v) is 3.32. The van der Waals surface area contributed by atoms with Crippen molar-refractivity contribution in [3.8, 4) is 0 Å². The SMILES string of the molecule is CCOC(=O)c1cc(=O)[nH]n1C(=O)c1ccc(Cl)c(Cl)c1. The fourth-order valence-electron chi connectivity index (χ4n) is 1.67. The normalized spacial score (nSPS) is 10.4. The molecule has 2 aromatic rings. The van der Waals surface area contributed by atoms with E-state index in [0.717, 1.165) is 10.7 Å². The van der Waals surface area contributed by atoms with Crippen LogP contribution in [0.25, 0.3) is 0 Å². The molecule has 0 aliphatic heterocycles. The number of hydrogen-bond acceptors (Lipinski definition) is 4. The summed E-state index contributed by atoms with van der Waals surface area (Å²) >= 11 is 11.6. The Kier molecular flexibility index (Phi) is 4.50. The molecule has 110 valence electrons. The van der Waals surface area contributed by atoms with Crippen molar-refractivity contribution in [3.63, 3.8) is 0 Å². The lowest BCUT2D eigenvalue weighted by atomic mass is 10.2. The Labute approximate surface area is 129 Å². The molecule has 1 N–H and O–H groups in total. The lowest BCUT2D eigenvalue weighted by molar-refractivity contribution is 0.0507. The van der Waals surface area contributed by atoms with E-state index >= 15 is 0 Å². The van der Waals surface area contributed by atoms with Crippen LogP contribution in [0.5, 0.6) is 0 Å². The van der Waals surface area contributed by atoms with Crippen molar-refractivity contribution in [2.45, 2.75) is 6.92 Å². The van der Waals surface area contributed by atoms with E-state index < -0.39 is 17.4 Å². The number of carbonyl (C=O) groups is 2. The van der Waals surface area contributed by atoms with E-state index in [0.29, 0.717) is 5.02 Å². The lowest BCUT2D eigenvalue weighted by Crippen LogP contribution is -2.21. The third kappa shape index (κ3) is 3.17. The molecule has 21 heavy (non-hydrogen) atoms. The number of nitrogens with zero attached hydrogens (tertiary/aromatic N) is 1. The second kappa shape index (κ2) is 6.15. The Morgan fingerprint density at radius 1 is 1.24 bits per heavy atom. The summed E-state index contributed by atoms with van der Waals surface area (Å²) in [5.41, 5.74) is -0.605. The van der Waals surface area contributed by atoms with E-state index in [-0.39, 0.29) is 22.9 Å². The molecule has 0 atom stereocenters. The number of ether oxygens (including phenoxy) is 1. The van der Waals surface area contributed by atoms with Gasteiger partial charge in [-0.2, -0.15) is 0 Å². The van der Waals surface area contributed by atoms with E-state index in [9.17, 15) is 14.4 Å². The standard InChI is InChI=1S/C13H10Cl2N2O4/c1-2-21-13(20)10-6-11(18)16-17(10)12(19)7-3-4-8(14)9(15)5-7/h3-6H,2H2,1H3,(H,16,18). The van der Waals surface area contributed by atoms with Crippen LogP contribution in [0.3, 0.4) is 0 Å². The Balaban J connectivity index is 2.46. The molecule has 0 unspecified atom stereocenters. The highest BCUT2D eigenvalue weighted by molar-refractivity contribution is 6.42. The van der Waals surface area contributed by atoms with Crippen LogP contribution in [0.2, 0.25) is 10.0 Å². The second-order valence-electron chi connectivity index (χ2n) is 4.00. The van der Waals surface area contributed by atoms with Gasteiger partial charge in [0.15, 0.2) is 5.69 Å². The van der Waals surface area contributed by atoms with Crippen molar-refractivity contribution in [1.29, 1.82) is 0 Å². The smallest absolute Gasteiger partial charge is 0.357 e. The number of benzene rings is 1. The Morgan fingerprint density at radius 2 is 1.95 bits per heavy atom. The van der Waals surface area contributed by atoms with Gasteiger partial charge in [-0.25, -0.2) is 9.48 Å². The van der Waals surface area contributed by atoms with Gasteiger partial charge in [-0.05, 0) is 25.1 Å². The van der Waals surface area contributed by atoms with E-state index in [1.165, 1.54) is 18.2 Å². The first-order chi connectivity index (χ1) is 9.93. The lowest BCUT2D eigenvalue weighted by Gasteiger charge is -2.07. The molecule has 1 heterocycles. The Morgan fingerprint density at radius 3 is 2.57 bits per heavy atom. The molecule has 6 nitrogen and oxygen atoms in total. The molecule has 0 radical (unpaired) electrons. The number of halogens is 2. The molecule has 0 aliphatic rings. The number of carbonyl (C=O) groups excluding carboxylic acids is 2. The third-order valence-electron chi connectivity index (χ3n) is 2.58. The van der Waals surface area contributed by atoms with Crippen molar-refractivity contribution in [2.24, 2.45) is 0 Å². The second-order valence-corrected chi connectivity index (χ2v) is 4.81. The van der Waals surface area contributed by atoms with Crippen molar-refractivity contribution < 1.29 is 14.3 Å². The topological polar surface area (TPSA) is 81.2 Å². The van der Waals surface area contributed by atoms with Gasteiger partial charge in [-0.3, -0.25) is 14.7 Å². The number of nitrogens with one attached hydrogen (secondary N) is 1. The van der Waals surface area contributed by atoms with Gasteiger partial charge in [-0.15, -0.1) is 0 Å². The average molecular weight is 329 g/mol. The molecule has 0 aliphatic carbocycles. The average Bonchev–Trinajstić information content (AvgIpc) is 2.83. The minimum Gasteiger partial charge on any atom is -0.461 e. The molecular weight excluding hydrogens is 319 g/mol. The van der Waals surface area contributed by atoms with Crippen molar-refractivity contribution >= 4 is 35.1 Å². The summed E-state index contributed by atoms with van der Waals surface area (Å²) in [6.45, 7) is 1.74. The molecule has 0 spiro atoms. The maximum atomic E-state index is 12.3. The van der Waals surface area contributed by atoms with Gasteiger partial charge in [0.25, 0.3) is 11.5 Å². The molecule has 1 aromatic heterocycles. The zero-order chi connectivity index (χ0) is 15.6. The van der Waals surface area contributed by atoms with Crippen LogP contribution in [0, 0.1) is 0 Å². The molecule has 0 amide bonds. The van der Waals surface area contributed by atoms with E-state index in [1.54, 1.807) is 6.92 Å². The summed E-state index contributed by atoms with van der Waals surface area (Å²) in [7, 11) is 0. The van der Waals surface area contributed by atoms with Gasteiger partial charge >= 0.3 is 5.97 Å². The van der Waals surface area contributed by atoms with Gasteiger partial charge in [0, 0.05) is 11.6 Å². The number of rotatable bonds is 3. The number of H-pyrrole nitrogens is 1.